The number of hydrogen-bond acceptors (Lipinski definition) is 3. The molecule has 0 aliphatic rings. The van der Waals surface area contributed by atoms with Gasteiger partial charge in [-0.25, -0.2) is 0 Å². The maximum Gasteiger partial charge on any atom is 0.119 e. The molecular weight excluding hydrogens is 262 g/mol. The van der Waals surface area contributed by atoms with Gasteiger partial charge >= 0.3 is 0 Å². The van der Waals surface area contributed by atoms with E-state index in [1.165, 1.54) is 5.56 Å². The van der Waals surface area contributed by atoms with Crippen molar-refractivity contribution < 1.29 is 4.74 Å². The summed E-state index contributed by atoms with van der Waals surface area (Å²) < 4.78 is 7.32. The van der Waals surface area contributed by atoms with Crippen molar-refractivity contribution in [2.45, 2.75) is 6.92 Å². The second-order valence-electron chi connectivity index (χ2n) is 5.04. The Kier molecular flexibility index (Phi) is 3.44. The Morgan fingerprint density at radius 1 is 1.00 bits per heavy atom. The van der Waals surface area contributed by atoms with Crippen molar-refractivity contribution >= 4 is 22.3 Å². The molecule has 0 amide bonds. The first-order valence-electron chi connectivity index (χ1n) is 6.79. The van der Waals surface area contributed by atoms with Crippen LogP contribution in [0.1, 0.15) is 5.56 Å². The van der Waals surface area contributed by atoms with Gasteiger partial charge in [-0.15, -0.1) is 5.11 Å². The average molecular weight is 279 g/mol. The van der Waals surface area contributed by atoms with Gasteiger partial charge in [0.05, 0.1) is 18.3 Å². The largest absolute Gasteiger partial charge is 0.497 e. The molecule has 0 saturated carbocycles. The Hall–Kier alpha value is -2.62. The van der Waals surface area contributed by atoms with Crippen LogP contribution >= 0.6 is 0 Å². The van der Waals surface area contributed by atoms with Crippen molar-refractivity contribution in [2.75, 3.05) is 7.11 Å². The maximum absolute atomic E-state index is 5.28. The summed E-state index contributed by atoms with van der Waals surface area (Å²) in [5.41, 5.74) is 4.00. The van der Waals surface area contributed by atoms with Crippen LogP contribution in [0.4, 0.5) is 11.4 Å². The molecule has 3 aromatic rings. The summed E-state index contributed by atoms with van der Waals surface area (Å²) in [5, 5.41) is 9.72. The van der Waals surface area contributed by atoms with Crippen LogP contribution in [0.3, 0.4) is 0 Å². The van der Waals surface area contributed by atoms with Crippen molar-refractivity contribution in [1.29, 1.82) is 0 Å². The first-order valence-corrected chi connectivity index (χ1v) is 6.79. The highest BCUT2D eigenvalue weighted by Crippen LogP contribution is 2.32. The van der Waals surface area contributed by atoms with Crippen LogP contribution in [-0.4, -0.2) is 11.7 Å². The van der Waals surface area contributed by atoms with Crippen LogP contribution < -0.4 is 4.74 Å². The normalized spacial score (nSPS) is 11.4. The van der Waals surface area contributed by atoms with Gasteiger partial charge in [-0.1, -0.05) is 17.7 Å². The molecule has 106 valence electrons. The molecular formula is C17H17N3O. The molecule has 0 radical (unpaired) electrons. The lowest BCUT2D eigenvalue weighted by atomic mass is 10.2. The Balaban J connectivity index is 2.01. The fourth-order valence-corrected chi connectivity index (χ4v) is 2.28. The van der Waals surface area contributed by atoms with Gasteiger partial charge in [0.25, 0.3) is 0 Å². The van der Waals surface area contributed by atoms with Gasteiger partial charge in [0.2, 0.25) is 0 Å². The number of rotatable bonds is 3. The molecule has 0 bridgehead atoms. The molecule has 0 aliphatic heterocycles. The predicted octanol–water partition coefficient (Wildman–Crippen LogP) is 4.91. The molecule has 0 saturated heterocycles. The molecule has 0 N–H and O–H groups in total. The fraction of sp³-hybridized carbons (Fsp3) is 0.176. The summed E-state index contributed by atoms with van der Waals surface area (Å²) in [5.74, 6) is 0.820. The van der Waals surface area contributed by atoms with Crippen molar-refractivity contribution in [2.24, 2.45) is 17.3 Å². The lowest BCUT2D eigenvalue weighted by molar-refractivity contribution is 0.415. The lowest BCUT2D eigenvalue weighted by Crippen LogP contribution is -1.84. The van der Waals surface area contributed by atoms with E-state index in [1.54, 1.807) is 7.11 Å². The molecule has 0 fully saturated rings. The van der Waals surface area contributed by atoms with Crippen molar-refractivity contribution in [3.63, 3.8) is 0 Å². The lowest BCUT2D eigenvalue weighted by Gasteiger charge is -2.00. The van der Waals surface area contributed by atoms with Gasteiger partial charge in [0.15, 0.2) is 0 Å². The standard InChI is InChI=1S/C17H17N3O/c1-12-4-6-13(7-5-12)18-19-16-11-20(2)17-9-8-14(21-3)10-15(16)17/h4-11H,1-3H3. The Bertz CT molecular complexity index is 801. The molecule has 0 atom stereocenters. The second kappa shape index (κ2) is 5.40. The summed E-state index contributed by atoms with van der Waals surface area (Å²) >= 11 is 0. The third-order valence-electron chi connectivity index (χ3n) is 3.48. The molecule has 1 heterocycles. The molecule has 21 heavy (non-hydrogen) atoms. The highest BCUT2D eigenvalue weighted by molar-refractivity contribution is 5.92. The zero-order chi connectivity index (χ0) is 14.8. The second-order valence-corrected chi connectivity index (χ2v) is 5.04. The smallest absolute Gasteiger partial charge is 0.119 e. The van der Waals surface area contributed by atoms with E-state index in [1.807, 2.05) is 60.3 Å². The van der Waals surface area contributed by atoms with Gasteiger partial charge in [0, 0.05) is 18.6 Å². The molecule has 4 heteroatoms. The monoisotopic (exact) mass is 279 g/mol. The molecule has 0 spiro atoms. The third-order valence-corrected chi connectivity index (χ3v) is 3.48. The number of aryl methyl sites for hydroxylation is 2. The number of hydrogen-bond donors (Lipinski definition) is 0. The van der Waals surface area contributed by atoms with Crippen molar-refractivity contribution in [3.8, 4) is 5.75 Å². The van der Waals surface area contributed by atoms with E-state index in [4.69, 9.17) is 4.74 Å². The van der Waals surface area contributed by atoms with Gasteiger partial charge < -0.3 is 9.30 Å². The van der Waals surface area contributed by atoms with Gasteiger partial charge in [0.1, 0.15) is 11.4 Å². The predicted molar refractivity (Wildman–Crippen MR) is 84.8 cm³/mol. The molecule has 4 nitrogen and oxygen atoms in total. The van der Waals surface area contributed by atoms with Crippen molar-refractivity contribution in [3.05, 3.63) is 54.2 Å². The van der Waals surface area contributed by atoms with E-state index in [-0.39, 0.29) is 0 Å². The SMILES string of the molecule is COc1ccc2c(c1)c(N=Nc1ccc(C)cc1)cn2C. The summed E-state index contributed by atoms with van der Waals surface area (Å²) in [7, 11) is 3.66. The molecule has 1 aromatic heterocycles. The van der Waals surface area contributed by atoms with E-state index in [2.05, 4.69) is 17.2 Å². The van der Waals surface area contributed by atoms with E-state index in [9.17, 15) is 0 Å². The van der Waals surface area contributed by atoms with E-state index in [0.717, 1.165) is 28.0 Å². The minimum atomic E-state index is 0.820. The van der Waals surface area contributed by atoms with Crippen LogP contribution in [0.25, 0.3) is 10.9 Å². The minimum Gasteiger partial charge on any atom is -0.497 e. The number of aromatic nitrogens is 1. The summed E-state index contributed by atoms with van der Waals surface area (Å²) in [4.78, 5) is 0. The van der Waals surface area contributed by atoms with Crippen LogP contribution in [0.2, 0.25) is 0 Å². The van der Waals surface area contributed by atoms with Crippen molar-refractivity contribution in [1.82, 2.24) is 4.57 Å². The number of nitrogens with zero attached hydrogens (tertiary/aromatic N) is 3. The quantitative estimate of drug-likeness (QED) is 0.628. The number of fused-ring (bicyclic) bond motifs is 1. The van der Waals surface area contributed by atoms with Gasteiger partial charge in [-0.2, -0.15) is 5.11 Å². The zero-order valence-electron chi connectivity index (χ0n) is 12.4. The number of ether oxygens (including phenoxy) is 1. The van der Waals surface area contributed by atoms with Gasteiger partial charge in [-0.05, 0) is 37.3 Å². The van der Waals surface area contributed by atoms with E-state index >= 15 is 0 Å². The number of benzene rings is 2. The fourth-order valence-electron chi connectivity index (χ4n) is 2.28. The molecule has 0 aliphatic carbocycles. The molecule has 3 rings (SSSR count). The van der Waals surface area contributed by atoms with Crippen LogP contribution in [0.15, 0.2) is 58.9 Å². The van der Waals surface area contributed by atoms with Crippen LogP contribution in [0.5, 0.6) is 5.75 Å². The van der Waals surface area contributed by atoms with Crippen LogP contribution in [-0.2, 0) is 7.05 Å². The Morgan fingerprint density at radius 2 is 1.76 bits per heavy atom. The first kappa shape index (κ1) is 13.4. The molecule has 0 unspecified atom stereocenters. The van der Waals surface area contributed by atoms with E-state index in [0.29, 0.717) is 0 Å². The maximum atomic E-state index is 5.28. The topological polar surface area (TPSA) is 38.9 Å². The highest BCUT2D eigenvalue weighted by atomic mass is 16.5. The first-order chi connectivity index (χ1) is 10.2. The zero-order valence-corrected chi connectivity index (χ0v) is 12.4. The van der Waals surface area contributed by atoms with Crippen LogP contribution in [0, 0.1) is 6.92 Å². The minimum absolute atomic E-state index is 0.820. The van der Waals surface area contributed by atoms with Gasteiger partial charge in [-0.3, -0.25) is 0 Å². The number of methoxy groups -OCH3 is 1. The Morgan fingerprint density at radius 3 is 2.48 bits per heavy atom. The van der Waals surface area contributed by atoms with E-state index < -0.39 is 0 Å². The average Bonchev–Trinajstić information content (AvgIpc) is 2.82. The third kappa shape index (κ3) is 2.65. The Labute approximate surface area is 123 Å². The summed E-state index contributed by atoms with van der Waals surface area (Å²) in [6.07, 6.45) is 1.97. The summed E-state index contributed by atoms with van der Waals surface area (Å²) in [6.45, 7) is 2.05. The highest BCUT2D eigenvalue weighted by Gasteiger charge is 2.07. The number of azo groups is 1. The molecule has 2 aromatic carbocycles. The summed E-state index contributed by atoms with van der Waals surface area (Å²) in [6, 6.07) is 13.9.